The Balaban J connectivity index is 1.04. The molecule has 0 saturated carbocycles. The second-order valence-electron chi connectivity index (χ2n) is 21.3. The van der Waals surface area contributed by atoms with Crippen LogP contribution in [0.5, 0.6) is 0 Å². The third-order valence-corrected chi connectivity index (χ3v) is 16.6. The molecular formula is C68H55N3. The molecule has 0 radical (unpaired) electrons. The number of anilines is 4. The molecule has 4 aliphatic rings. The highest BCUT2D eigenvalue weighted by atomic mass is 15.2. The first kappa shape index (κ1) is 41.8. The van der Waals surface area contributed by atoms with E-state index in [9.17, 15) is 0 Å². The summed E-state index contributed by atoms with van der Waals surface area (Å²) in [5.41, 5.74) is 19.1. The van der Waals surface area contributed by atoms with E-state index in [1.807, 2.05) is 0 Å². The Kier molecular flexibility index (Phi) is 9.23. The predicted molar refractivity (Wildman–Crippen MR) is 300 cm³/mol. The third kappa shape index (κ3) is 6.42. The van der Waals surface area contributed by atoms with Gasteiger partial charge in [0.1, 0.15) is 0 Å². The van der Waals surface area contributed by atoms with E-state index in [2.05, 4.69) is 260 Å². The van der Waals surface area contributed by atoms with Gasteiger partial charge in [-0.25, -0.2) is 0 Å². The molecule has 71 heavy (non-hydrogen) atoms. The van der Waals surface area contributed by atoms with E-state index in [-0.39, 0.29) is 16.9 Å². The molecular weight excluding hydrogens is 859 g/mol. The van der Waals surface area contributed by atoms with Crippen LogP contribution in [0.25, 0.3) is 66.5 Å². The van der Waals surface area contributed by atoms with Crippen molar-refractivity contribution in [2.75, 3.05) is 9.80 Å². The highest BCUT2D eigenvalue weighted by molar-refractivity contribution is 5.99. The van der Waals surface area contributed by atoms with Gasteiger partial charge in [0.25, 0.3) is 0 Å². The van der Waals surface area contributed by atoms with Crippen LogP contribution >= 0.6 is 0 Å². The van der Waals surface area contributed by atoms with Crippen molar-refractivity contribution in [2.45, 2.75) is 63.8 Å². The van der Waals surface area contributed by atoms with E-state index in [1.165, 1.54) is 122 Å². The summed E-state index contributed by atoms with van der Waals surface area (Å²) in [5, 5.41) is 9.04. The van der Waals surface area contributed by atoms with Crippen molar-refractivity contribution >= 4 is 72.4 Å². The summed E-state index contributed by atoms with van der Waals surface area (Å²) in [6.07, 6.45) is 10.2. The number of hydrogen-bond acceptors (Lipinski definition) is 2. The zero-order valence-corrected chi connectivity index (χ0v) is 40.8. The fourth-order valence-corrected chi connectivity index (χ4v) is 12.9. The summed E-state index contributed by atoms with van der Waals surface area (Å²) >= 11 is 0. The van der Waals surface area contributed by atoms with Crippen molar-refractivity contribution in [1.29, 1.82) is 0 Å². The lowest BCUT2D eigenvalue weighted by atomic mass is 9.67. The number of hydrogen-bond donors (Lipinski definition) is 0. The van der Waals surface area contributed by atoms with Crippen molar-refractivity contribution in [3.8, 4) is 16.8 Å². The minimum atomic E-state index is -0.266. The Morgan fingerprint density at radius 3 is 1.73 bits per heavy atom. The highest BCUT2D eigenvalue weighted by Gasteiger charge is 2.45. The van der Waals surface area contributed by atoms with E-state index in [1.54, 1.807) is 0 Å². The minimum absolute atomic E-state index is 0.0318. The Morgan fingerprint density at radius 2 is 1.06 bits per heavy atom. The smallest absolute Gasteiger partial charge is 0.0583 e. The molecule has 3 nitrogen and oxygen atoms in total. The van der Waals surface area contributed by atoms with Gasteiger partial charge in [0, 0.05) is 49.9 Å². The number of nitrogens with zero attached hydrogens (tertiary/aromatic N) is 3. The normalized spacial score (nSPS) is 16.9. The van der Waals surface area contributed by atoms with Gasteiger partial charge in [-0.3, -0.25) is 0 Å². The van der Waals surface area contributed by atoms with Crippen molar-refractivity contribution in [3.05, 3.63) is 251 Å². The van der Waals surface area contributed by atoms with Crippen LogP contribution in [0.3, 0.4) is 0 Å². The molecule has 2 aliphatic heterocycles. The number of rotatable bonds is 8. The van der Waals surface area contributed by atoms with E-state index in [0.717, 1.165) is 19.3 Å². The molecule has 2 aliphatic carbocycles. The van der Waals surface area contributed by atoms with Crippen LogP contribution in [0.15, 0.2) is 218 Å². The van der Waals surface area contributed by atoms with E-state index < -0.39 is 0 Å². The SMILES string of the molecule is CC1(C)C2=c3c(c4cc(N(C5=CC=C(c6ccccc6)CC5)c5ccc6ccccc6c5)cc5c4n3-c3c1cccc3C5(C)C)=CC(N(c1ccc(-c3ccccc3)cc1)c1ccc3ccccc3c1)C2. The summed E-state index contributed by atoms with van der Waals surface area (Å²) in [6, 6.07) is 74.8. The first-order chi connectivity index (χ1) is 34.7. The number of fused-ring (bicyclic) bond motifs is 3. The molecule has 1 unspecified atom stereocenters. The molecule has 0 bridgehead atoms. The first-order valence-corrected chi connectivity index (χ1v) is 25.5. The van der Waals surface area contributed by atoms with Crippen molar-refractivity contribution in [3.63, 3.8) is 0 Å². The Hall–Kier alpha value is -8.14. The lowest BCUT2D eigenvalue weighted by Crippen LogP contribution is -2.49. The molecule has 3 heteroatoms. The van der Waals surface area contributed by atoms with Crippen LogP contribution in [0.2, 0.25) is 0 Å². The van der Waals surface area contributed by atoms with Gasteiger partial charge >= 0.3 is 0 Å². The lowest BCUT2D eigenvalue weighted by Gasteiger charge is -2.44. The summed E-state index contributed by atoms with van der Waals surface area (Å²) < 4.78 is 2.71. The molecule has 9 aromatic carbocycles. The Labute approximate surface area is 416 Å². The summed E-state index contributed by atoms with van der Waals surface area (Å²) in [5.74, 6) is 0. The number of benzene rings is 9. The van der Waals surface area contributed by atoms with Gasteiger partial charge in [0.05, 0.1) is 22.6 Å². The van der Waals surface area contributed by atoms with Crippen LogP contribution in [-0.4, -0.2) is 10.6 Å². The van der Waals surface area contributed by atoms with E-state index in [4.69, 9.17) is 0 Å². The molecule has 0 N–H and O–H groups in total. The fraction of sp³-hybridized carbons (Fsp3) is 0.147. The second kappa shape index (κ2) is 15.7. The van der Waals surface area contributed by atoms with Crippen molar-refractivity contribution < 1.29 is 0 Å². The largest absolute Gasteiger partial charge is 0.334 e. The van der Waals surface area contributed by atoms with Gasteiger partial charge in [-0.15, -0.1) is 0 Å². The number of aromatic nitrogens is 1. The molecule has 10 aromatic rings. The molecule has 0 saturated heterocycles. The molecule has 0 fully saturated rings. The standard InChI is InChI=1S/C68H55N3/c1-67(2)60-24-15-25-61-66(60)71-64-58(40-56(42-62(64)67)69(54-36-30-46-20-11-13-22-50(46)38-54)52-32-26-48(27-33-52)44-16-7-5-8-17-44)59-41-57(43-63(65(59)71)68(61,3)4)70(55-37-31-47-21-12-14-23-51(47)39-55)53-34-28-49(29-35-53)45-18-9-6-10-19-45/h5-28,30-34,36-41,43,56H,29,35,42H2,1-4H3. The molecule has 1 atom stereocenters. The first-order valence-electron chi connectivity index (χ1n) is 25.5. The number of allylic oxidation sites excluding steroid dienone is 4. The summed E-state index contributed by atoms with van der Waals surface area (Å²) in [6.45, 7) is 9.90. The Morgan fingerprint density at radius 1 is 0.465 bits per heavy atom. The topological polar surface area (TPSA) is 11.4 Å². The minimum Gasteiger partial charge on any atom is -0.334 e. The van der Waals surface area contributed by atoms with E-state index in [0.29, 0.717) is 0 Å². The monoisotopic (exact) mass is 913 g/mol. The average Bonchev–Trinajstić information content (AvgIpc) is 3.75. The third-order valence-electron chi connectivity index (χ3n) is 16.6. The van der Waals surface area contributed by atoms with Gasteiger partial charge in [-0.2, -0.15) is 0 Å². The van der Waals surface area contributed by atoms with Crippen molar-refractivity contribution in [2.24, 2.45) is 0 Å². The van der Waals surface area contributed by atoms with Gasteiger partial charge in [0.15, 0.2) is 0 Å². The van der Waals surface area contributed by atoms with Crippen LogP contribution in [0.1, 0.15) is 69.2 Å². The van der Waals surface area contributed by atoms with Crippen LogP contribution in [0.4, 0.5) is 22.7 Å². The molecule has 0 spiro atoms. The second-order valence-corrected chi connectivity index (χ2v) is 21.3. The molecule has 0 amide bonds. The lowest BCUT2D eigenvalue weighted by molar-refractivity contribution is 0.585. The summed E-state index contributed by atoms with van der Waals surface area (Å²) in [4.78, 5) is 5.21. The molecule has 342 valence electrons. The molecule has 3 heterocycles. The van der Waals surface area contributed by atoms with Crippen LogP contribution in [0, 0.1) is 0 Å². The highest BCUT2D eigenvalue weighted by Crippen LogP contribution is 2.53. The maximum atomic E-state index is 2.71. The van der Waals surface area contributed by atoms with Gasteiger partial charge in [-0.05, 0) is 140 Å². The van der Waals surface area contributed by atoms with Gasteiger partial charge in [0.2, 0.25) is 0 Å². The molecule has 1 aromatic heterocycles. The predicted octanol–water partition coefficient (Wildman–Crippen LogP) is 16.0. The maximum Gasteiger partial charge on any atom is 0.0583 e. The van der Waals surface area contributed by atoms with Crippen LogP contribution in [-0.2, 0) is 10.8 Å². The fourth-order valence-electron chi connectivity index (χ4n) is 12.9. The summed E-state index contributed by atoms with van der Waals surface area (Å²) in [7, 11) is 0. The Bertz CT molecular complexity index is 4020. The van der Waals surface area contributed by atoms with Gasteiger partial charge in [-0.1, -0.05) is 192 Å². The van der Waals surface area contributed by atoms with Gasteiger partial charge < -0.3 is 14.4 Å². The van der Waals surface area contributed by atoms with Crippen LogP contribution < -0.4 is 20.4 Å². The average molecular weight is 914 g/mol. The number of para-hydroxylation sites is 1. The zero-order chi connectivity index (χ0) is 47.6. The van der Waals surface area contributed by atoms with E-state index >= 15 is 0 Å². The zero-order valence-electron chi connectivity index (χ0n) is 40.8. The maximum absolute atomic E-state index is 2.71. The van der Waals surface area contributed by atoms with Crippen molar-refractivity contribution in [1.82, 2.24) is 4.57 Å². The quantitative estimate of drug-likeness (QED) is 0.150. The molecule has 14 rings (SSSR count).